The molecule has 0 saturated heterocycles. The van der Waals surface area contributed by atoms with Crippen molar-refractivity contribution in [3.63, 3.8) is 0 Å². The maximum atomic E-state index is 14.7. The first kappa shape index (κ1) is 17.4. The van der Waals surface area contributed by atoms with E-state index in [1.165, 1.54) is 11.0 Å². The summed E-state index contributed by atoms with van der Waals surface area (Å²) in [6, 6.07) is 21.6. The lowest BCUT2D eigenvalue weighted by Gasteiger charge is -2.25. The highest BCUT2D eigenvalue weighted by Crippen LogP contribution is 2.39. The number of nitrogens with zero attached hydrogens (tertiary/aromatic N) is 1. The lowest BCUT2D eigenvalue weighted by atomic mass is 9.98. The molecule has 2 heterocycles. The van der Waals surface area contributed by atoms with Gasteiger partial charge in [-0.05, 0) is 23.8 Å². The second-order valence-corrected chi connectivity index (χ2v) is 7.01. The Hall–Kier alpha value is -3.73. The first-order chi connectivity index (χ1) is 14.1. The summed E-state index contributed by atoms with van der Waals surface area (Å²) in [5, 5.41) is 0.377. The number of rotatable bonds is 3. The van der Waals surface area contributed by atoms with Crippen molar-refractivity contribution >= 4 is 16.9 Å². The SMILES string of the molecule is O=C1c2oc3ccccc3c(=O)c2C(c2ccccc2F)N1Cc1ccccc1. The van der Waals surface area contributed by atoms with Crippen molar-refractivity contribution in [2.24, 2.45) is 0 Å². The minimum absolute atomic E-state index is 0.0158. The number of para-hydroxylation sites is 1. The zero-order chi connectivity index (χ0) is 20.0. The second-order valence-electron chi connectivity index (χ2n) is 7.01. The van der Waals surface area contributed by atoms with Crippen LogP contribution in [0.4, 0.5) is 4.39 Å². The maximum Gasteiger partial charge on any atom is 0.291 e. The molecule has 0 aliphatic carbocycles. The third-order valence-corrected chi connectivity index (χ3v) is 5.27. The summed E-state index contributed by atoms with van der Waals surface area (Å²) in [4.78, 5) is 28.1. The van der Waals surface area contributed by atoms with E-state index < -0.39 is 17.8 Å². The van der Waals surface area contributed by atoms with E-state index in [4.69, 9.17) is 4.42 Å². The summed E-state index contributed by atoms with van der Waals surface area (Å²) < 4.78 is 20.6. The van der Waals surface area contributed by atoms with Gasteiger partial charge in [0.15, 0.2) is 5.43 Å². The average molecular weight is 385 g/mol. The van der Waals surface area contributed by atoms with Crippen LogP contribution in [0.15, 0.2) is 88.1 Å². The number of carbonyl (C=O) groups is 1. The zero-order valence-corrected chi connectivity index (χ0v) is 15.3. The Balaban J connectivity index is 1.76. The van der Waals surface area contributed by atoms with E-state index in [0.717, 1.165) is 5.56 Å². The smallest absolute Gasteiger partial charge is 0.291 e. The predicted octanol–water partition coefficient (Wildman–Crippen LogP) is 4.68. The van der Waals surface area contributed by atoms with Crippen molar-refractivity contribution in [2.75, 3.05) is 0 Å². The number of hydrogen-bond acceptors (Lipinski definition) is 3. The van der Waals surface area contributed by atoms with Gasteiger partial charge in [-0.1, -0.05) is 60.7 Å². The van der Waals surface area contributed by atoms with Crippen molar-refractivity contribution in [3.05, 3.63) is 117 Å². The molecular formula is C24H16FNO3. The molecule has 29 heavy (non-hydrogen) atoms. The first-order valence-corrected chi connectivity index (χ1v) is 9.30. The van der Waals surface area contributed by atoms with Crippen LogP contribution in [0.2, 0.25) is 0 Å². The van der Waals surface area contributed by atoms with Crippen LogP contribution < -0.4 is 5.43 Å². The van der Waals surface area contributed by atoms with Crippen LogP contribution >= 0.6 is 0 Å². The summed E-state index contributed by atoms with van der Waals surface area (Å²) in [5.74, 6) is -0.901. The van der Waals surface area contributed by atoms with Crippen molar-refractivity contribution in [1.82, 2.24) is 4.90 Å². The van der Waals surface area contributed by atoms with E-state index in [1.54, 1.807) is 42.5 Å². The molecule has 4 aromatic rings. The van der Waals surface area contributed by atoms with Crippen molar-refractivity contribution in [2.45, 2.75) is 12.6 Å². The van der Waals surface area contributed by atoms with Gasteiger partial charge in [0.2, 0.25) is 5.76 Å². The molecule has 1 atom stereocenters. The Bertz CT molecular complexity index is 1300. The van der Waals surface area contributed by atoms with E-state index in [0.29, 0.717) is 11.0 Å². The molecule has 1 aliphatic rings. The molecule has 142 valence electrons. The van der Waals surface area contributed by atoms with Gasteiger partial charge in [0.1, 0.15) is 11.4 Å². The quantitative estimate of drug-likeness (QED) is 0.515. The molecule has 0 spiro atoms. The molecular weight excluding hydrogens is 369 g/mol. The van der Waals surface area contributed by atoms with Crippen LogP contribution in [0.3, 0.4) is 0 Å². The topological polar surface area (TPSA) is 50.5 Å². The fourth-order valence-corrected chi connectivity index (χ4v) is 3.93. The van der Waals surface area contributed by atoms with Crippen molar-refractivity contribution in [1.29, 1.82) is 0 Å². The van der Waals surface area contributed by atoms with Gasteiger partial charge in [-0.2, -0.15) is 0 Å². The van der Waals surface area contributed by atoms with Gasteiger partial charge in [0.25, 0.3) is 5.91 Å². The Kier molecular flexibility index (Phi) is 4.02. The van der Waals surface area contributed by atoms with Crippen LogP contribution in [-0.2, 0) is 6.54 Å². The number of hydrogen-bond donors (Lipinski definition) is 0. The van der Waals surface area contributed by atoms with E-state index in [9.17, 15) is 14.0 Å². The van der Waals surface area contributed by atoms with Gasteiger partial charge in [-0.3, -0.25) is 9.59 Å². The summed E-state index contributed by atoms with van der Waals surface area (Å²) in [6.45, 7) is 0.235. The number of carbonyl (C=O) groups excluding carboxylic acids is 1. The van der Waals surface area contributed by atoms with E-state index in [1.807, 2.05) is 30.3 Å². The lowest BCUT2D eigenvalue weighted by molar-refractivity contribution is 0.0712. The Morgan fingerprint density at radius 3 is 2.34 bits per heavy atom. The van der Waals surface area contributed by atoms with Crippen LogP contribution in [0.1, 0.15) is 33.3 Å². The Morgan fingerprint density at radius 1 is 0.862 bits per heavy atom. The fourth-order valence-electron chi connectivity index (χ4n) is 3.93. The zero-order valence-electron chi connectivity index (χ0n) is 15.3. The minimum Gasteiger partial charge on any atom is -0.450 e. The summed E-state index contributed by atoms with van der Waals surface area (Å²) in [5.41, 5.74) is 1.39. The number of benzene rings is 3. The molecule has 1 aromatic heterocycles. The van der Waals surface area contributed by atoms with E-state index in [2.05, 4.69) is 0 Å². The highest BCUT2D eigenvalue weighted by atomic mass is 19.1. The predicted molar refractivity (Wildman–Crippen MR) is 107 cm³/mol. The van der Waals surface area contributed by atoms with Gasteiger partial charge in [0, 0.05) is 12.1 Å². The molecule has 5 rings (SSSR count). The molecule has 4 nitrogen and oxygen atoms in total. The number of fused-ring (bicyclic) bond motifs is 2. The van der Waals surface area contributed by atoms with Crippen molar-refractivity contribution < 1.29 is 13.6 Å². The Morgan fingerprint density at radius 2 is 1.55 bits per heavy atom. The van der Waals surface area contributed by atoms with Gasteiger partial charge < -0.3 is 9.32 Å². The highest BCUT2D eigenvalue weighted by molar-refractivity contribution is 5.99. The first-order valence-electron chi connectivity index (χ1n) is 9.30. The van der Waals surface area contributed by atoms with E-state index >= 15 is 0 Å². The lowest BCUT2D eigenvalue weighted by Crippen LogP contribution is -2.29. The molecule has 5 heteroatoms. The minimum atomic E-state index is -0.847. The molecule has 1 amide bonds. The summed E-state index contributed by atoms with van der Waals surface area (Å²) in [6.07, 6.45) is 0. The van der Waals surface area contributed by atoms with Gasteiger partial charge in [-0.15, -0.1) is 0 Å². The van der Waals surface area contributed by atoms with Crippen LogP contribution in [-0.4, -0.2) is 10.8 Å². The number of amides is 1. The molecule has 1 unspecified atom stereocenters. The second kappa shape index (κ2) is 6.71. The summed E-state index contributed by atoms with van der Waals surface area (Å²) >= 11 is 0. The van der Waals surface area contributed by atoms with Crippen LogP contribution in [0.25, 0.3) is 11.0 Å². The molecule has 0 bridgehead atoms. The third kappa shape index (κ3) is 2.74. The van der Waals surface area contributed by atoms with E-state index in [-0.39, 0.29) is 28.9 Å². The molecule has 1 aliphatic heterocycles. The molecule has 0 N–H and O–H groups in total. The number of halogens is 1. The van der Waals surface area contributed by atoms with Crippen molar-refractivity contribution in [3.8, 4) is 0 Å². The molecule has 0 radical (unpaired) electrons. The Labute approximate surface area is 165 Å². The highest BCUT2D eigenvalue weighted by Gasteiger charge is 2.43. The standard InChI is InChI=1S/C24H16FNO3/c25-18-12-6-4-10-16(18)21-20-22(27)17-11-5-7-13-19(17)29-23(20)24(28)26(21)14-15-8-2-1-3-9-15/h1-13,21H,14H2. The monoisotopic (exact) mass is 385 g/mol. The van der Waals surface area contributed by atoms with Gasteiger partial charge >= 0.3 is 0 Å². The largest absolute Gasteiger partial charge is 0.450 e. The van der Waals surface area contributed by atoms with Crippen LogP contribution in [0.5, 0.6) is 0 Å². The van der Waals surface area contributed by atoms with Crippen LogP contribution in [0, 0.1) is 5.82 Å². The molecule has 3 aromatic carbocycles. The maximum absolute atomic E-state index is 14.7. The fraction of sp³-hybridized carbons (Fsp3) is 0.0833. The third-order valence-electron chi connectivity index (χ3n) is 5.27. The normalized spacial score (nSPS) is 15.7. The van der Waals surface area contributed by atoms with Gasteiger partial charge in [-0.25, -0.2) is 4.39 Å². The van der Waals surface area contributed by atoms with Gasteiger partial charge in [0.05, 0.1) is 17.0 Å². The molecule has 0 saturated carbocycles. The summed E-state index contributed by atoms with van der Waals surface area (Å²) in [7, 11) is 0. The average Bonchev–Trinajstić information content (AvgIpc) is 3.01. The molecule has 0 fully saturated rings.